The van der Waals surface area contributed by atoms with Crippen LogP contribution in [0.4, 0.5) is 5.69 Å². The molecule has 0 aliphatic carbocycles. The highest BCUT2D eigenvalue weighted by atomic mass is 32.2. The first-order valence-electron chi connectivity index (χ1n) is 4.21. The molecule has 14 heavy (non-hydrogen) atoms. The first-order valence-corrected chi connectivity index (χ1v) is 5.19. The van der Waals surface area contributed by atoms with E-state index >= 15 is 0 Å². The number of nitrogen functional groups attached to an aromatic ring is 1. The molecule has 1 rings (SSSR count). The Labute approximate surface area is 86.6 Å². The molecule has 0 aliphatic heterocycles. The van der Waals surface area contributed by atoms with Crippen LogP contribution in [0.2, 0.25) is 0 Å². The van der Waals surface area contributed by atoms with Crippen LogP contribution < -0.4 is 5.73 Å². The molecule has 0 aromatic carbocycles. The zero-order chi connectivity index (χ0) is 10.6. The van der Waals surface area contributed by atoms with E-state index in [-0.39, 0.29) is 11.7 Å². The van der Waals surface area contributed by atoms with E-state index in [2.05, 4.69) is 5.10 Å². The van der Waals surface area contributed by atoms with Gasteiger partial charge in [-0.2, -0.15) is 5.10 Å². The molecular weight excluding hydrogens is 202 g/mol. The number of esters is 1. The third-order valence-electron chi connectivity index (χ3n) is 1.45. The highest BCUT2D eigenvalue weighted by molar-refractivity contribution is 8.00. The molecule has 0 aliphatic rings. The quantitative estimate of drug-likeness (QED) is 0.590. The van der Waals surface area contributed by atoms with Crippen molar-refractivity contribution >= 4 is 23.4 Å². The van der Waals surface area contributed by atoms with Gasteiger partial charge in [0, 0.05) is 13.2 Å². The van der Waals surface area contributed by atoms with Crippen molar-refractivity contribution in [3.8, 4) is 0 Å². The maximum absolute atomic E-state index is 11.0. The van der Waals surface area contributed by atoms with E-state index in [4.69, 9.17) is 10.5 Å². The van der Waals surface area contributed by atoms with Crippen molar-refractivity contribution in [2.24, 2.45) is 7.05 Å². The fraction of sp³-hybridized carbons (Fsp3) is 0.500. The molecule has 1 aromatic heterocycles. The molecule has 1 heterocycles. The highest BCUT2D eigenvalue weighted by Gasteiger charge is 2.08. The van der Waals surface area contributed by atoms with Gasteiger partial charge in [-0.05, 0) is 6.92 Å². The Hall–Kier alpha value is -1.17. The molecule has 0 amide bonds. The number of carbonyl (C=O) groups is 1. The number of rotatable bonds is 4. The summed E-state index contributed by atoms with van der Waals surface area (Å²) >= 11 is 1.28. The minimum atomic E-state index is -0.248. The molecule has 0 atom stereocenters. The van der Waals surface area contributed by atoms with Gasteiger partial charge in [0.15, 0.2) is 0 Å². The van der Waals surface area contributed by atoms with Crippen LogP contribution in [-0.2, 0) is 16.6 Å². The Balaban J connectivity index is 2.45. The van der Waals surface area contributed by atoms with Gasteiger partial charge in [-0.25, -0.2) is 0 Å². The molecule has 1 aromatic rings. The van der Waals surface area contributed by atoms with Gasteiger partial charge in [0.1, 0.15) is 5.03 Å². The zero-order valence-corrected chi connectivity index (χ0v) is 9.00. The maximum atomic E-state index is 11.0. The van der Waals surface area contributed by atoms with Crippen molar-refractivity contribution in [2.45, 2.75) is 11.9 Å². The molecule has 0 saturated heterocycles. The molecule has 5 nitrogen and oxygen atoms in total. The van der Waals surface area contributed by atoms with Crippen LogP contribution in [-0.4, -0.2) is 28.1 Å². The SMILES string of the molecule is CCOC(=O)CSc1nn(C)cc1N. The molecule has 0 bridgehead atoms. The summed E-state index contributed by atoms with van der Waals surface area (Å²) in [6.07, 6.45) is 1.70. The van der Waals surface area contributed by atoms with Crippen LogP contribution in [0.25, 0.3) is 0 Å². The Morgan fingerprint density at radius 1 is 1.79 bits per heavy atom. The number of nitrogens with two attached hydrogens (primary N) is 1. The van der Waals surface area contributed by atoms with Crippen molar-refractivity contribution < 1.29 is 9.53 Å². The van der Waals surface area contributed by atoms with E-state index in [1.165, 1.54) is 11.8 Å². The number of ether oxygens (including phenoxy) is 1. The van der Waals surface area contributed by atoms with Crippen molar-refractivity contribution in [2.75, 3.05) is 18.1 Å². The number of anilines is 1. The standard InChI is InChI=1S/C8H13N3O2S/c1-3-13-7(12)5-14-8-6(9)4-11(2)10-8/h4H,3,5,9H2,1-2H3. The number of aryl methyl sites for hydroxylation is 1. The summed E-state index contributed by atoms with van der Waals surface area (Å²) in [7, 11) is 1.78. The Morgan fingerprint density at radius 3 is 3.00 bits per heavy atom. The van der Waals surface area contributed by atoms with Gasteiger partial charge in [0.25, 0.3) is 0 Å². The third kappa shape index (κ3) is 2.95. The van der Waals surface area contributed by atoms with Crippen LogP contribution in [0.5, 0.6) is 0 Å². The van der Waals surface area contributed by atoms with Crippen molar-refractivity contribution in [3.63, 3.8) is 0 Å². The second-order valence-corrected chi connectivity index (χ2v) is 3.62. The first-order chi connectivity index (χ1) is 6.63. The normalized spacial score (nSPS) is 10.1. The summed E-state index contributed by atoms with van der Waals surface area (Å²) in [5.74, 6) is -0.00254. The van der Waals surface area contributed by atoms with E-state index in [1.807, 2.05) is 0 Å². The summed E-state index contributed by atoms with van der Waals surface area (Å²) in [5.41, 5.74) is 6.23. The van der Waals surface area contributed by atoms with E-state index in [0.717, 1.165) is 0 Å². The molecule has 0 spiro atoms. The van der Waals surface area contributed by atoms with Gasteiger partial charge in [-0.1, -0.05) is 11.8 Å². The summed E-state index contributed by atoms with van der Waals surface area (Å²) in [4.78, 5) is 11.0. The average molecular weight is 215 g/mol. The van der Waals surface area contributed by atoms with Crippen LogP contribution in [0.1, 0.15) is 6.92 Å². The van der Waals surface area contributed by atoms with E-state index in [9.17, 15) is 4.79 Å². The summed E-state index contributed by atoms with van der Waals surface area (Å²) in [6.45, 7) is 2.18. The van der Waals surface area contributed by atoms with Crippen molar-refractivity contribution in [1.29, 1.82) is 0 Å². The largest absolute Gasteiger partial charge is 0.465 e. The van der Waals surface area contributed by atoms with Crippen molar-refractivity contribution in [3.05, 3.63) is 6.20 Å². The monoisotopic (exact) mass is 215 g/mol. The Bertz CT molecular complexity index is 324. The number of carbonyl (C=O) groups excluding carboxylic acids is 1. The average Bonchev–Trinajstić information content (AvgIpc) is 2.42. The lowest BCUT2D eigenvalue weighted by atomic mass is 10.6. The zero-order valence-electron chi connectivity index (χ0n) is 8.19. The first kappa shape index (κ1) is 10.9. The van der Waals surface area contributed by atoms with Gasteiger partial charge >= 0.3 is 5.97 Å². The van der Waals surface area contributed by atoms with E-state index < -0.39 is 0 Å². The third-order valence-corrected chi connectivity index (χ3v) is 2.42. The minimum absolute atomic E-state index is 0.245. The lowest BCUT2D eigenvalue weighted by molar-refractivity contribution is -0.139. The lowest BCUT2D eigenvalue weighted by Crippen LogP contribution is -2.06. The number of hydrogen-bond donors (Lipinski definition) is 1. The van der Waals surface area contributed by atoms with Gasteiger partial charge in [-0.3, -0.25) is 9.48 Å². The molecule has 0 radical (unpaired) electrons. The topological polar surface area (TPSA) is 70.1 Å². The molecule has 78 valence electrons. The predicted molar refractivity (Wildman–Crippen MR) is 55.0 cm³/mol. The maximum Gasteiger partial charge on any atom is 0.316 e. The fourth-order valence-corrected chi connectivity index (χ4v) is 1.67. The molecule has 0 saturated carbocycles. The fourth-order valence-electron chi connectivity index (χ4n) is 0.929. The number of thioether (sulfide) groups is 1. The van der Waals surface area contributed by atoms with Gasteiger partial charge in [0.2, 0.25) is 0 Å². The molecular formula is C8H13N3O2S. The molecule has 2 N–H and O–H groups in total. The molecule has 0 unspecified atom stereocenters. The van der Waals surface area contributed by atoms with E-state index in [1.54, 1.807) is 24.9 Å². The Kier molecular flexibility index (Phi) is 3.82. The molecule has 0 fully saturated rings. The summed E-state index contributed by atoms with van der Waals surface area (Å²) < 4.78 is 6.39. The highest BCUT2D eigenvalue weighted by Crippen LogP contribution is 2.22. The van der Waals surface area contributed by atoms with Crippen LogP contribution in [0, 0.1) is 0 Å². The van der Waals surface area contributed by atoms with E-state index in [0.29, 0.717) is 17.3 Å². The van der Waals surface area contributed by atoms with Crippen LogP contribution in [0.3, 0.4) is 0 Å². The minimum Gasteiger partial charge on any atom is -0.465 e. The number of hydrogen-bond acceptors (Lipinski definition) is 5. The van der Waals surface area contributed by atoms with Crippen LogP contribution in [0.15, 0.2) is 11.2 Å². The lowest BCUT2D eigenvalue weighted by Gasteiger charge is -1.99. The predicted octanol–water partition coefficient (Wildman–Crippen LogP) is 0.658. The smallest absolute Gasteiger partial charge is 0.316 e. The van der Waals surface area contributed by atoms with Gasteiger partial charge < -0.3 is 10.5 Å². The van der Waals surface area contributed by atoms with Crippen LogP contribution >= 0.6 is 11.8 Å². The van der Waals surface area contributed by atoms with Gasteiger partial charge in [0.05, 0.1) is 18.0 Å². The summed E-state index contributed by atoms with van der Waals surface area (Å²) in [6, 6.07) is 0. The molecule has 6 heteroatoms. The number of aromatic nitrogens is 2. The summed E-state index contributed by atoms with van der Waals surface area (Å²) in [5, 5.41) is 4.76. The number of nitrogens with zero attached hydrogens (tertiary/aromatic N) is 2. The second-order valence-electron chi connectivity index (χ2n) is 2.66. The van der Waals surface area contributed by atoms with Crippen molar-refractivity contribution in [1.82, 2.24) is 9.78 Å². The Morgan fingerprint density at radius 2 is 2.50 bits per heavy atom. The second kappa shape index (κ2) is 4.90. The van der Waals surface area contributed by atoms with Gasteiger partial charge in [-0.15, -0.1) is 0 Å².